The largest absolute Gasteiger partial charge is 0.390 e. The molecule has 198 valence electrons. The van der Waals surface area contributed by atoms with E-state index in [1.165, 1.54) is 0 Å². The molecule has 4 bridgehead atoms. The number of anilines is 2. The number of nitrogens with zero attached hydrogens (tertiary/aromatic N) is 4. The minimum Gasteiger partial charge on any atom is -0.390 e. The van der Waals surface area contributed by atoms with Crippen molar-refractivity contribution in [3.63, 3.8) is 0 Å². The van der Waals surface area contributed by atoms with E-state index in [4.69, 9.17) is 0 Å². The highest BCUT2D eigenvalue weighted by molar-refractivity contribution is 5.92. The summed E-state index contributed by atoms with van der Waals surface area (Å²) in [5, 5.41) is 24.4. The second-order valence-electron chi connectivity index (χ2n) is 12.5. The smallest absolute Gasteiger partial charge is 0.270 e. The van der Waals surface area contributed by atoms with Crippen molar-refractivity contribution in [2.75, 3.05) is 29.4 Å². The summed E-state index contributed by atoms with van der Waals surface area (Å²) >= 11 is 0. The van der Waals surface area contributed by atoms with Crippen LogP contribution in [0.15, 0.2) is 36.5 Å². The van der Waals surface area contributed by atoms with Gasteiger partial charge in [0.2, 0.25) is 5.95 Å². The van der Waals surface area contributed by atoms with Gasteiger partial charge < -0.3 is 25.3 Å². The van der Waals surface area contributed by atoms with Crippen molar-refractivity contribution in [1.82, 2.24) is 15.3 Å². The van der Waals surface area contributed by atoms with E-state index in [2.05, 4.69) is 44.1 Å². The summed E-state index contributed by atoms with van der Waals surface area (Å²) in [6.07, 6.45) is 6.46. The third-order valence-electron chi connectivity index (χ3n) is 9.24. The SMILES string of the molecule is C[C@@H]1CN(c2ccc(C(C)(C)O)cc2)CCN1c1nccc(C(=O)NC2C3CC4CC2CC(O)(C4)C3)n1. The first-order valence-electron chi connectivity index (χ1n) is 13.8. The van der Waals surface area contributed by atoms with E-state index in [-0.39, 0.29) is 18.0 Å². The van der Waals surface area contributed by atoms with E-state index in [9.17, 15) is 15.0 Å². The molecule has 1 amide bonds. The molecule has 5 aliphatic rings. The zero-order chi connectivity index (χ0) is 25.9. The van der Waals surface area contributed by atoms with Gasteiger partial charge >= 0.3 is 0 Å². The van der Waals surface area contributed by atoms with Crippen LogP contribution in [0.2, 0.25) is 0 Å². The number of amides is 1. The van der Waals surface area contributed by atoms with Crippen molar-refractivity contribution >= 4 is 17.5 Å². The van der Waals surface area contributed by atoms with Crippen molar-refractivity contribution in [2.24, 2.45) is 17.8 Å². The number of rotatable bonds is 5. The van der Waals surface area contributed by atoms with E-state index in [0.717, 1.165) is 63.0 Å². The molecule has 2 heterocycles. The van der Waals surface area contributed by atoms with Crippen LogP contribution < -0.4 is 15.1 Å². The number of carbonyl (C=O) groups excluding carboxylic acids is 1. The highest BCUT2D eigenvalue weighted by atomic mass is 16.3. The third kappa shape index (κ3) is 4.70. The Bertz CT molecular complexity index is 1150. The molecular formula is C29H39N5O3. The first-order chi connectivity index (χ1) is 17.6. The highest BCUT2D eigenvalue weighted by Crippen LogP contribution is 2.55. The maximum absolute atomic E-state index is 13.3. The van der Waals surface area contributed by atoms with Crippen LogP contribution in [-0.2, 0) is 5.60 Å². The minimum absolute atomic E-state index is 0.132. The van der Waals surface area contributed by atoms with Crippen LogP contribution in [0.5, 0.6) is 0 Å². The maximum Gasteiger partial charge on any atom is 0.270 e. The number of piperazine rings is 1. The highest BCUT2D eigenvalue weighted by Gasteiger charge is 2.55. The van der Waals surface area contributed by atoms with Gasteiger partial charge in [0, 0.05) is 43.6 Å². The Morgan fingerprint density at radius 3 is 2.41 bits per heavy atom. The zero-order valence-corrected chi connectivity index (χ0v) is 22.1. The van der Waals surface area contributed by atoms with Crippen LogP contribution in [0.3, 0.4) is 0 Å². The predicted octanol–water partition coefficient (Wildman–Crippen LogP) is 3.09. The molecule has 1 saturated heterocycles. The molecule has 37 heavy (non-hydrogen) atoms. The summed E-state index contributed by atoms with van der Waals surface area (Å²) < 4.78 is 0. The molecule has 2 unspecified atom stereocenters. The summed E-state index contributed by atoms with van der Waals surface area (Å²) in [6.45, 7) is 8.15. The molecule has 1 aliphatic heterocycles. The van der Waals surface area contributed by atoms with E-state index < -0.39 is 11.2 Å². The fourth-order valence-electron chi connectivity index (χ4n) is 7.62. The predicted molar refractivity (Wildman–Crippen MR) is 142 cm³/mol. The van der Waals surface area contributed by atoms with Crippen molar-refractivity contribution in [3.05, 3.63) is 47.8 Å². The molecule has 3 atom stereocenters. The average molecular weight is 506 g/mol. The number of carbonyl (C=O) groups is 1. The first-order valence-corrected chi connectivity index (χ1v) is 13.8. The number of hydrogen-bond acceptors (Lipinski definition) is 7. The molecule has 1 aromatic carbocycles. The van der Waals surface area contributed by atoms with Crippen molar-refractivity contribution in [1.29, 1.82) is 0 Å². The Hall–Kier alpha value is -2.71. The first kappa shape index (κ1) is 24.6. The Labute approximate surface area is 219 Å². The maximum atomic E-state index is 13.3. The van der Waals surface area contributed by atoms with Gasteiger partial charge in [-0.15, -0.1) is 0 Å². The quantitative estimate of drug-likeness (QED) is 0.574. The van der Waals surface area contributed by atoms with Crippen LogP contribution in [-0.4, -0.2) is 63.4 Å². The van der Waals surface area contributed by atoms with E-state index in [1.54, 1.807) is 26.1 Å². The minimum atomic E-state index is -0.851. The number of hydrogen-bond donors (Lipinski definition) is 3. The molecule has 7 rings (SSSR count). The van der Waals surface area contributed by atoms with E-state index in [1.807, 2.05) is 12.1 Å². The Balaban J connectivity index is 1.11. The molecule has 5 fully saturated rings. The molecule has 1 aromatic heterocycles. The lowest BCUT2D eigenvalue weighted by molar-refractivity contribution is -0.136. The zero-order valence-electron chi connectivity index (χ0n) is 22.1. The molecular weight excluding hydrogens is 466 g/mol. The molecule has 0 spiro atoms. The van der Waals surface area contributed by atoms with Gasteiger partial charge in [-0.2, -0.15) is 0 Å². The molecule has 8 heteroatoms. The topological polar surface area (TPSA) is 102 Å². The molecule has 8 nitrogen and oxygen atoms in total. The van der Waals surface area contributed by atoms with Crippen LogP contribution >= 0.6 is 0 Å². The van der Waals surface area contributed by atoms with Crippen molar-refractivity contribution in [2.45, 2.75) is 76.2 Å². The average Bonchev–Trinajstić information content (AvgIpc) is 2.85. The second kappa shape index (κ2) is 8.95. The number of benzene rings is 1. The van der Waals surface area contributed by atoms with Gasteiger partial charge in [-0.05, 0) is 94.4 Å². The normalized spacial score (nSPS) is 33.1. The van der Waals surface area contributed by atoms with E-state index >= 15 is 0 Å². The summed E-state index contributed by atoms with van der Waals surface area (Å²) in [4.78, 5) is 27.0. The van der Waals surface area contributed by atoms with Gasteiger partial charge in [-0.3, -0.25) is 4.79 Å². The van der Waals surface area contributed by atoms with Crippen LogP contribution in [0.25, 0.3) is 0 Å². The molecule has 4 saturated carbocycles. The lowest BCUT2D eigenvalue weighted by Crippen LogP contribution is -2.61. The van der Waals surface area contributed by atoms with Gasteiger partial charge in [-0.25, -0.2) is 9.97 Å². The van der Waals surface area contributed by atoms with Crippen molar-refractivity contribution < 1.29 is 15.0 Å². The van der Waals surface area contributed by atoms with Crippen LogP contribution in [0.4, 0.5) is 11.6 Å². The lowest BCUT2D eigenvalue weighted by Gasteiger charge is -2.58. The molecule has 3 N–H and O–H groups in total. The van der Waals surface area contributed by atoms with Gasteiger partial charge in [0.05, 0.1) is 11.2 Å². The summed E-state index contributed by atoms with van der Waals surface area (Å²) in [7, 11) is 0. The lowest BCUT2D eigenvalue weighted by atomic mass is 9.52. The summed E-state index contributed by atoms with van der Waals surface area (Å²) in [5.74, 6) is 1.81. The van der Waals surface area contributed by atoms with E-state index in [0.29, 0.717) is 29.4 Å². The van der Waals surface area contributed by atoms with Crippen LogP contribution in [0, 0.1) is 17.8 Å². The second-order valence-corrected chi connectivity index (χ2v) is 12.5. The van der Waals surface area contributed by atoms with Crippen LogP contribution in [0.1, 0.15) is 68.9 Å². The molecule has 4 aliphatic carbocycles. The number of aliphatic hydroxyl groups is 2. The Morgan fingerprint density at radius 1 is 1.08 bits per heavy atom. The summed E-state index contributed by atoms with van der Waals surface area (Å²) in [5.41, 5.74) is 1.09. The Morgan fingerprint density at radius 2 is 1.78 bits per heavy atom. The fraction of sp³-hybridized carbons (Fsp3) is 0.621. The van der Waals surface area contributed by atoms with Crippen molar-refractivity contribution in [3.8, 4) is 0 Å². The standard InChI is InChI=1S/C29H39N5O3/c1-18-17-33(23-6-4-22(5-7-23)28(2,3)36)10-11-34(18)27-30-9-8-24(31-27)26(35)32-25-20-12-19-13-21(25)16-29(37,14-19)15-20/h4-9,18-21,25,36-37H,10-17H2,1-3H3,(H,32,35)/t18-,19?,20?,21?,25?,29?/m1/s1. The van der Waals surface area contributed by atoms with Gasteiger partial charge in [0.15, 0.2) is 0 Å². The third-order valence-corrected chi connectivity index (χ3v) is 9.24. The van der Waals surface area contributed by atoms with Gasteiger partial charge in [0.25, 0.3) is 5.91 Å². The summed E-state index contributed by atoms with van der Waals surface area (Å²) in [6, 6.07) is 10.1. The fourth-order valence-corrected chi connectivity index (χ4v) is 7.62. The monoisotopic (exact) mass is 505 g/mol. The number of aromatic nitrogens is 2. The molecule has 2 aromatic rings. The number of nitrogens with one attached hydrogen (secondary N) is 1. The van der Waals surface area contributed by atoms with Gasteiger partial charge in [-0.1, -0.05) is 12.1 Å². The van der Waals surface area contributed by atoms with Gasteiger partial charge in [0.1, 0.15) is 5.69 Å². The Kier molecular flexibility index (Phi) is 5.95. The molecule has 0 radical (unpaired) electrons.